The average molecular weight is 368 g/mol. The lowest BCUT2D eigenvalue weighted by Crippen LogP contribution is -2.26. The van der Waals surface area contributed by atoms with Gasteiger partial charge in [0, 0.05) is 31.1 Å². The highest BCUT2D eigenvalue weighted by atomic mass is 32.2. The van der Waals surface area contributed by atoms with E-state index in [-0.39, 0.29) is 39.0 Å². The maximum absolute atomic E-state index is 12.1. The van der Waals surface area contributed by atoms with Gasteiger partial charge in [-0.25, -0.2) is 0 Å². The molecule has 2 atom stereocenters. The topological polar surface area (TPSA) is 53.9 Å². The Bertz CT molecular complexity index is 618. The minimum absolute atomic E-state index is 0. The largest absolute Gasteiger partial charge is 0.368 e. The predicted molar refractivity (Wildman–Crippen MR) is 105 cm³/mol. The van der Waals surface area contributed by atoms with Crippen molar-refractivity contribution in [2.45, 2.75) is 32.4 Å². The van der Waals surface area contributed by atoms with E-state index in [2.05, 4.69) is 16.3 Å². The third kappa shape index (κ3) is 3.90. The fourth-order valence-electron chi connectivity index (χ4n) is 3.12. The molecule has 3 heterocycles. The molecule has 0 aromatic heterocycles. The van der Waals surface area contributed by atoms with Gasteiger partial charge >= 0.3 is 0 Å². The quantitative estimate of drug-likeness (QED) is 0.892. The number of hydrogen-bond acceptors (Lipinski definition) is 5. The third-order valence-electron chi connectivity index (χ3n) is 4.28. The van der Waals surface area contributed by atoms with E-state index in [1.165, 1.54) is 5.17 Å². The molecule has 0 aliphatic carbocycles. The van der Waals surface area contributed by atoms with Crippen LogP contribution in [0.15, 0.2) is 29.3 Å². The Morgan fingerprint density at radius 3 is 3.04 bits per heavy atom. The van der Waals surface area contributed by atoms with Gasteiger partial charge in [-0.05, 0) is 30.5 Å². The number of carbonyl (C=O) groups is 1. The summed E-state index contributed by atoms with van der Waals surface area (Å²) in [4.78, 5) is 19.3. The first-order valence-electron chi connectivity index (χ1n) is 7.77. The van der Waals surface area contributed by atoms with E-state index in [1.54, 1.807) is 0 Å². The van der Waals surface area contributed by atoms with Crippen molar-refractivity contribution in [2.75, 3.05) is 30.8 Å². The second-order valence-electron chi connectivity index (χ2n) is 5.84. The van der Waals surface area contributed by atoms with Crippen molar-refractivity contribution in [2.24, 2.45) is 4.99 Å². The molecule has 2 saturated heterocycles. The summed E-state index contributed by atoms with van der Waals surface area (Å²) in [6.07, 6.45) is 1.48. The van der Waals surface area contributed by atoms with E-state index in [4.69, 9.17) is 9.73 Å². The van der Waals surface area contributed by atoms with Crippen LogP contribution in [0.25, 0.3) is 0 Å². The lowest BCUT2D eigenvalue weighted by atomic mass is 10.1. The Hall–Kier alpha value is -1.18. The molecule has 0 unspecified atom stereocenters. The zero-order valence-corrected chi connectivity index (χ0v) is 14.6. The average Bonchev–Trinajstić information content (AvgIpc) is 3.24. The van der Waals surface area contributed by atoms with Gasteiger partial charge in [-0.1, -0.05) is 31.3 Å². The van der Waals surface area contributed by atoms with Gasteiger partial charge in [-0.2, -0.15) is 13.5 Å². The van der Waals surface area contributed by atoms with Crippen molar-refractivity contribution in [3.8, 4) is 0 Å². The zero-order chi connectivity index (χ0) is 14.9. The van der Waals surface area contributed by atoms with Gasteiger partial charge in [0.2, 0.25) is 0 Å². The normalized spacial score (nSPS) is 24.7. The number of fused-ring (bicyclic) bond motifs is 1. The maximum atomic E-state index is 12.1. The number of thioether (sulfide) groups is 1. The maximum Gasteiger partial charge on any atom is 0.253 e. The van der Waals surface area contributed by atoms with Crippen LogP contribution >= 0.6 is 25.3 Å². The van der Waals surface area contributed by atoms with Crippen LogP contribution < -0.4 is 5.32 Å². The highest BCUT2D eigenvalue weighted by molar-refractivity contribution is 8.14. The van der Waals surface area contributed by atoms with E-state index in [0.717, 1.165) is 42.9 Å². The SMILES string of the molecule is C.O=C(Nc1cccc([C@H]2CN3CCSC3=N2)c1)[C@H]1CCCO1.S. The molecule has 0 bridgehead atoms. The van der Waals surface area contributed by atoms with Crippen LogP contribution in [-0.4, -0.2) is 47.5 Å². The monoisotopic (exact) mass is 367 g/mol. The second-order valence-corrected chi connectivity index (χ2v) is 6.90. The van der Waals surface area contributed by atoms with Crippen LogP contribution in [0.2, 0.25) is 0 Å². The van der Waals surface area contributed by atoms with E-state index in [1.807, 2.05) is 30.0 Å². The van der Waals surface area contributed by atoms with Gasteiger partial charge in [-0.3, -0.25) is 9.79 Å². The number of aliphatic imine (C=N–C) groups is 1. The zero-order valence-electron chi connectivity index (χ0n) is 12.8. The lowest BCUT2D eigenvalue weighted by molar-refractivity contribution is -0.124. The third-order valence-corrected chi connectivity index (χ3v) is 5.29. The van der Waals surface area contributed by atoms with E-state index < -0.39 is 0 Å². The van der Waals surface area contributed by atoms with E-state index in [0.29, 0.717) is 6.61 Å². The minimum Gasteiger partial charge on any atom is -0.368 e. The predicted octanol–water partition coefficient (Wildman–Crippen LogP) is 3.01. The van der Waals surface area contributed by atoms with Crippen LogP contribution in [0.1, 0.15) is 31.9 Å². The number of ether oxygens (including phenoxy) is 1. The second kappa shape index (κ2) is 8.27. The summed E-state index contributed by atoms with van der Waals surface area (Å²) >= 11 is 1.83. The number of nitrogens with one attached hydrogen (secondary N) is 1. The summed E-state index contributed by atoms with van der Waals surface area (Å²) in [5, 5.41) is 4.13. The molecule has 1 aromatic rings. The molecule has 7 heteroatoms. The van der Waals surface area contributed by atoms with Crippen molar-refractivity contribution in [3.63, 3.8) is 0 Å². The van der Waals surface area contributed by atoms with Gasteiger partial charge in [0.05, 0.1) is 6.04 Å². The first-order chi connectivity index (χ1) is 10.8. The first-order valence-corrected chi connectivity index (χ1v) is 8.76. The number of hydrogen-bond donors (Lipinski definition) is 1. The summed E-state index contributed by atoms with van der Waals surface area (Å²) in [7, 11) is 0. The van der Waals surface area contributed by atoms with Crippen LogP contribution in [0.5, 0.6) is 0 Å². The molecule has 0 radical (unpaired) electrons. The van der Waals surface area contributed by atoms with Crippen LogP contribution in [0.4, 0.5) is 5.69 Å². The van der Waals surface area contributed by atoms with Crippen molar-refractivity contribution < 1.29 is 9.53 Å². The van der Waals surface area contributed by atoms with Gasteiger partial charge in [0.25, 0.3) is 5.91 Å². The summed E-state index contributed by atoms with van der Waals surface area (Å²) < 4.78 is 5.42. The first kappa shape index (κ1) is 19.1. The summed E-state index contributed by atoms with van der Waals surface area (Å²) in [5.41, 5.74) is 1.99. The Morgan fingerprint density at radius 1 is 1.42 bits per heavy atom. The number of carbonyl (C=O) groups excluding carboxylic acids is 1. The Morgan fingerprint density at radius 2 is 2.29 bits per heavy atom. The molecule has 5 nitrogen and oxygen atoms in total. The number of nitrogens with zero attached hydrogens (tertiary/aromatic N) is 2. The van der Waals surface area contributed by atoms with Crippen molar-refractivity contribution in [3.05, 3.63) is 29.8 Å². The molecule has 3 aliphatic rings. The van der Waals surface area contributed by atoms with Gasteiger partial charge in [0.15, 0.2) is 5.17 Å². The van der Waals surface area contributed by atoms with Crippen LogP contribution in [-0.2, 0) is 9.53 Å². The van der Waals surface area contributed by atoms with E-state index in [9.17, 15) is 4.79 Å². The van der Waals surface area contributed by atoms with Crippen molar-refractivity contribution in [1.29, 1.82) is 0 Å². The Labute approximate surface area is 154 Å². The Kier molecular flexibility index (Phi) is 6.60. The molecular weight excluding hydrogens is 342 g/mol. The minimum atomic E-state index is -0.294. The fourth-order valence-corrected chi connectivity index (χ4v) is 4.16. The molecule has 1 N–H and O–H groups in total. The molecule has 132 valence electrons. The molecule has 3 aliphatic heterocycles. The highest BCUT2D eigenvalue weighted by Crippen LogP contribution is 2.33. The van der Waals surface area contributed by atoms with Gasteiger partial charge < -0.3 is 15.0 Å². The molecule has 0 spiro atoms. The molecule has 24 heavy (non-hydrogen) atoms. The standard InChI is InChI=1S/C16H19N3O2S.CH4.H2S/c20-15(14-5-2-7-21-14)17-12-4-1-3-11(9-12)13-10-19-6-8-22-16(19)18-13;;/h1,3-4,9,13-14H,2,5-8,10H2,(H,17,20);1H4;1H2/t13-,14-;;/m1../s1. The van der Waals surface area contributed by atoms with Crippen molar-refractivity contribution in [1.82, 2.24) is 4.90 Å². The molecule has 0 saturated carbocycles. The summed E-state index contributed by atoms with van der Waals surface area (Å²) in [6.45, 7) is 2.73. The molecule has 4 rings (SSSR count). The number of rotatable bonds is 3. The van der Waals surface area contributed by atoms with Crippen LogP contribution in [0.3, 0.4) is 0 Å². The Balaban J connectivity index is 0.00000104. The van der Waals surface area contributed by atoms with E-state index >= 15 is 0 Å². The number of amidine groups is 1. The van der Waals surface area contributed by atoms with Gasteiger partial charge in [-0.15, -0.1) is 0 Å². The van der Waals surface area contributed by atoms with Gasteiger partial charge in [0.1, 0.15) is 6.10 Å². The lowest BCUT2D eigenvalue weighted by Gasteiger charge is -2.15. The molecular formula is C17H25N3O2S2. The number of benzene rings is 1. The number of amides is 1. The fraction of sp³-hybridized carbons (Fsp3) is 0.529. The number of anilines is 1. The smallest absolute Gasteiger partial charge is 0.253 e. The summed E-state index contributed by atoms with van der Waals surface area (Å²) in [6, 6.07) is 8.21. The summed E-state index contributed by atoms with van der Waals surface area (Å²) in [5.74, 6) is 1.10. The van der Waals surface area contributed by atoms with Crippen molar-refractivity contribution >= 4 is 42.0 Å². The van der Waals surface area contributed by atoms with Crippen LogP contribution in [0, 0.1) is 0 Å². The molecule has 1 aromatic carbocycles. The molecule has 1 amide bonds. The highest BCUT2D eigenvalue weighted by Gasteiger charge is 2.30. The molecule has 2 fully saturated rings.